The van der Waals surface area contributed by atoms with E-state index in [0.29, 0.717) is 0 Å². The lowest BCUT2D eigenvalue weighted by molar-refractivity contribution is 0.409. The number of para-hydroxylation sites is 2. The molecule has 0 bridgehead atoms. The maximum Gasteiger partial charge on any atom is 0.252 e. The Labute approximate surface area is 395 Å². The van der Waals surface area contributed by atoms with Crippen LogP contribution in [0.5, 0.6) is 34.5 Å². The van der Waals surface area contributed by atoms with Gasteiger partial charge in [0.1, 0.15) is 34.5 Å². The highest BCUT2D eigenvalue weighted by Crippen LogP contribution is 2.48. The Balaban J connectivity index is 1.22. The molecule has 4 aliphatic rings. The fraction of sp³-hybridized carbons (Fsp3) is 0.0492. The van der Waals surface area contributed by atoms with Crippen molar-refractivity contribution in [3.8, 4) is 56.8 Å². The summed E-state index contributed by atoms with van der Waals surface area (Å²) in [4.78, 5) is 0. The summed E-state index contributed by atoms with van der Waals surface area (Å²) in [5.41, 5.74) is 13.4. The van der Waals surface area contributed by atoms with Gasteiger partial charge in [-0.1, -0.05) is 163 Å². The molecule has 0 saturated carbocycles. The molecule has 0 radical (unpaired) electrons. The first-order valence-corrected chi connectivity index (χ1v) is 25.5. The Bertz CT molecular complexity index is 3870. The molecule has 0 unspecified atom stereocenters. The lowest BCUT2D eigenvalue weighted by atomic mass is 9.32. The third-order valence-electron chi connectivity index (χ3n) is 15.8. The Kier molecular flexibility index (Phi) is 7.73. The highest BCUT2D eigenvalue weighted by molar-refractivity contribution is 7.21. The fourth-order valence-corrected chi connectivity index (χ4v) is 18.1. The van der Waals surface area contributed by atoms with Crippen LogP contribution in [0.4, 0.5) is 0 Å². The Morgan fingerprint density at radius 1 is 0.382 bits per heavy atom. The van der Waals surface area contributed by atoms with Gasteiger partial charge in [-0.2, -0.15) is 0 Å². The Morgan fingerprint density at radius 2 is 0.809 bits per heavy atom. The van der Waals surface area contributed by atoms with Crippen LogP contribution in [0, 0.1) is 6.92 Å². The third kappa shape index (κ3) is 4.81. The van der Waals surface area contributed by atoms with Gasteiger partial charge in [-0.3, -0.25) is 0 Å². The van der Waals surface area contributed by atoms with Gasteiger partial charge in [0.2, 0.25) is 0 Å². The second-order valence-corrected chi connectivity index (χ2v) is 22.7. The molecule has 0 fully saturated rings. The van der Waals surface area contributed by atoms with E-state index < -0.39 is 8.07 Å². The molecule has 68 heavy (non-hydrogen) atoms. The molecular formula is C61H40B2O4Si. The van der Waals surface area contributed by atoms with Crippen LogP contribution in [-0.4, -0.2) is 35.7 Å². The second-order valence-electron chi connectivity index (χ2n) is 18.9. The second kappa shape index (κ2) is 13.8. The number of ether oxygens (including phenoxy) is 4. The lowest BCUT2D eigenvalue weighted by Gasteiger charge is -2.40. The van der Waals surface area contributed by atoms with E-state index in [1.165, 1.54) is 108 Å². The number of rotatable bonds is 6. The maximum absolute atomic E-state index is 6.92. The van der Waals surface area contributed by atoms with Gasteiger partial charge in [0.05, 0.1) is 14.2 Å². The summed E-state index contributed by atoms with van der Waals surface area (Å²) in [7, 11) is 0.328. The van der Waals surface area contributed by atoms with Gasteiger partial charge >= 0.3 is 0 Å². The van der Waals surface area contributed by atoms with E-state index in [0.717, 1.165) is 40.1 Å². The molecule has 0 N–H and O–H groups in total. The molecule has 4 heterocycles. The zero-order valence-corrected chi connectivity index (χ0v) is 38.7. The zero-order valence-electron chi connectivity index (χ0n) is 37.7. The van der Waals surface area contributed by atoms with Gasteiger partial charge < -0.3 is 18.9 Å². The Hall–Kier alpha value is -7.99. The van der Waals surface area contributed by atoms with Crippen LogP contribution in [0.15, 0.2) is 188 Å². The van der Waals surface area contributed by atoms with Crippen molar-refractivity contribution in [3.63, 3.8) is 0 Å². The third-order valence-corrected chi connectivity index (χ3v) is 20.6. The highest BCUT2D eigenvalue weighted by atomic mass is 28.3. The first-order chi connectivity index (χ1) is 33.5. The zero-order chi connectivity index (χ0) is 45.0. The largest absolute Gasteiger partial charge is 0.497 e. The number of benzene rings is 11. The molecular weight excluding hydrogens is 846 g/mol. The fourth-order valence-electron chi connectivity index (χ4n) is 13.1. The van der Waals surface area contributed by atoms with Crippen molar-refractivity contribution in [2.45, 2.75) is 6.92 Å². The molecule has 4 nitrogen and oxygen atoms in total. The van der Waals surface area contributed by atoms with E-state index in [2.05, 4.69) is 195 Å². The number of hydrogen-bond donors (Lipinski definition) is 0. The molecule has 0 atom stereocenters. The molecule has 11 aromatic rings. The Morgan fingerprint density at radius 3 is 1.29 bits per heavy atom. The van der Waals surface area contributed by atoms with Gasteiger partial charge in [0.25, 0.3) is 13.4 Å². The van der Waals surface area contributed by atoms with Gasteiger partial charge in [0, 0.05) is 12.1 Å². The van der Waals surface area contributed by atoms with Gasteiger partial charge in [-0.25, -0.2) is 0 Å². The number of aryl methyl sites for hydroxylation is 1. The first-order valence-electron chi connectivity index (χ1n) is 23.5. The molecule has 0 aromatic heterocycles. The van der Waals surface area contributed by atoms with Gasteiger partial charge in [-0.05, 0) is 134 Å². The summed E-state index contributed by atoms with van der Waals surface area (Å²) in [6.45, 7) is 2.18. The highest BCUT2D eigenvalue weighted by Gasteiger charge is 2.48. The van der Waals surface area contributed by atoms with Crippen molar-refractivity contribution in [1.29, 1.82) is 0 Å². The lowest BCUT2D eigenvalue weighted by Crippen LogP contribution is -2.75. The van der Waals surface area contributed by atoms with E-state index in [4.69, 9.17) is 18.9 Å². The van der Waals surface area contributed by atoms with Crippen LogP contribution in [0.25, 0.3) is 54.6 Å². The summed E-state index contributed by atoms with van der Waals surface area (Å²) < 4.78 is 26.0. The molecule has 4 aliphatic heterocycles. The van der Waals surface area contributed by atoms with Crippen LogP contribution in [-0.2, 0) is 0 Å². The summed E-state index contributed by atoms with van der Waals surface area (Å²) in [5.74, 6) is 5.03. The minimum Gasteiger partial charge on any atom is -0.497 e. The van der Waals surface area contributed by atoms with Crippen molar-refractivity contribution in [1.82, 2.24) is 0 Å². The number of fused-ring (bicyclic) bond motifs is 8. The molecule has 0 amide bonds. The molecule has 11 aromatic carbocycles. The normalized spacial score (nSPS) is 13.4. The molecule has 15 rings (SSSR count). The van der Waals surface area contributed by atoms with Crippen molar-refractivity contribution in [2.24, 2.45) is 0 Å². The van der Waals surface area contributed by atoms with Crippen LogP contribution in [0.2, 0.25) is 0 Å². The quantitative estimate of drug-likeness (QED) is 0.0987. The van der Waals surface area contributed by atoms with E-state index in [1.54, 1.807) is 14.2 Å². The smallest absolute Gasteiger partial charge is 0.252 e. The standard InChI is InChI=1S/C61H40B2O4Si/c1-35-27-42-44-28-36(64-2)30-53-60(44)63(48-24-14-16-26-52(48)66-53)50-33-46-55(68(38-17-7-4-8-18-38,39-19-9-5-10-20-39)40-21-11-6-12-22-40)34-43-45-29-37(65-3)31-54-61(45)62(47-23-13-15-25-51(47)67-54)49-32-41(35)58(56(42)50)59(46)57(43)49/h4-34H,1-3H3. The van der Waals surface area contributed by atoms with E-state index in [9.17, 15) is 0 Å². The molecule has 0 saturated heterocycles. The summed E-state index contributed by atoms with van der Waals surface area (Å²) in [6.07, 6.45) is 0. The molecule has 7 heteroatoms. The topological polar surface area (TPSA) is 36.9 Å². The molecule has 0 spiro atoms. The monoisotopic (exact) mass is 886 g/mol. The van der Waals surface area contributed by atoms with Crippen molar-refractivity contribution < 1.29 is 18.9 Å². The molecule has 318 valence electrons. The van der Waals surface area contributed by atoms with Crippen molar-refractivity contribution in [3.05, 3.63) is 194 Å². The predicted octanol–water partition coefficient (Wildman–Crippen LogP) is 7.49. The van der Waals surface area contributed by atoms with E-state index in [-0.39, 0.29) is 13.4 Å². The van der Waals surface area contributed by atoms with Crippen molar-refractivity contribution >= 4 is 107 Å². The number of methoxy groups -OCH3 is 2. The predicted molar refractivity (Wildman–Crippen MR) is 285 cm³/mol. The summed E-state index contributed by atoms with van der Waals surface area (Å²) in [6, 6.07) is 70.3. The number of hydrogen-bond acceptors (Lipinski definition) is 4. The first kappa shape index (κ1) is 38.1. The summed E-state index contributed by atoms with van der Waals surface area (Å²) >= 11 is 0. The van der Waals surface area contributed by atoms with E-state index >= 15 is 0 Å². The average molecular weight is 887 g/mol. The van der Waals surface area contributed by atoms with Crippen LogP contribution in [0.1, 0.15) is 5.56 Å². The van der Waals surface area contributed by atoms with Crippen LogP contribution < -0.4 is 72.5 Å². The van der Waals surface area contributed by atoms with Gasteiger partial charge in [-0.15, -0.1) is 0 Å². The van der Waals surface area contributed by atoms with Crippen molar-refractivity contribution in [2.75, 3.05) is 14.2 Å². The van der Waals surface area contributed by atoms with Gasteiger partial charge in [0.15, 0.2) is 8.07 Å². The maximum atomic E-state index is 6.92. The van der Waals surface area contributed by atoms with Crippen LogP contribution in [0.3, 0.4) is 0 Å². The van der Waals surface area contributed by atoms with E-state index in [1.807, 2.05) is 0 Å². The van der Waals surface area contributed by atoms with Crippen LogP contribution >= 0.6 is 0 Å². The average Bonchev–Trinajstić information content (AvgIpc) is 3.39. The minimum atomic E-state index is -3.19. The SMILES string of the molecule is COc1cc2c3c(c1)-c1cc(C)c4cc5c6c(cc([Si](c7ccccc7)(c7ccccc7)c7ccccc7)c7cc(c1c4c76)B3c1ccccc1O2)-c1cc(OC)cc2c1B5c1ccccc1O2. The minimum absolute atomic E-state index is 0.0541. The molecule has 0 aliphatic carbocycles. The summed E-state index contributed by atoms with van der Waals surface area (Å²) in [5, 5.41) is 13.2.